The van der Waals surface area contributed by atoms with E-state index in [2.05, 4.69) is 4.98 Å². The van der Waals surface area contributed by atoms with Crippen molar-refractivity contribution in [1.82, 2.24) is 4.98 Å². The highest BCUT2D eigenvalue weighted by atomic mass is 32.1. The minimum absolute atomic E-state index is 0.0184. The highest BCUT2D eigenvalue weighted by Gasteiger charge is 2.48. The van der Waals surface area contributed by atoms with Gasteiger partial charge in [-0.05, 0) is 73.0 Å². The summed E-state index contributed by atoms with van der Waals surface area (Å²) in [5.41, 5.74) is 3.51. The van der Waals surface area contributed by atoms with Crippen molar-refractivity contribution in [3.63, 3.8) is 0 Å². The zero-order valence-corrected chi connectivity index (χ0v) is 20.3. The lowest BCUT2D eigenvalue weighted by Crippen LogP contribution is -2.29. The van der Waals surface area contributed by atoms with Gasteiger partial charge in [0.1, 0.15) is 23.4 Å². The Morgan fingerprint density at radius 3 is 2.67 bits per heavy atom. The number of benzene rings is 3. The Morgan fingerprint density at radius 2 is 1.89 bits per heavy atom. The minimum atomic E-state index is -0.962. The van der Waals surface area contributed by atoms with Crippen LogP contribution in [0.3, 0.4) is 0 Å². The second-order valence-corrected chi connectivity index (χ2v) is 10.2. The summed E-state index contributed by atoms with van der Waals surface area (Å²) in [5.74, 6) is -1.61. The average Bonchev–Trinajstić information content (AvgIpc) is 3.51. The van der Waals surface area contributed by atoms with Crippen LogP contribution in [0.2, 0.25) is 0 Å². The number of Topliss-reactive ketones (excluding diaryl/α,β-unsaturated/α-hetero) is 1. The lowest BCUT2D eigenvalue weighted by Gasteiger charge is -2.23. The van der Waals surface area contributed by atoms with E-state index < -0.39 is 23.5 Å². The standard InChI is InChI=1S/C28H21FN2O4S/c1-14-3-9-20-22(11-14)36-28(30-20)31-24(16-4-7-19(29)8-5-16)23(26(33)27(31)34)25(32)17-6-10-21-18(13-17)12-15(2)35-21/h3-11,13,15,24,32H,12H2,1-2H3/t15-,24-/m0/s1. The number of carbonyl (C=O) groups is 2. The number of ether oxygens (including phenoxy) is 1. The van der Waals surface area contributed by atoms with Gasteiger partial charge >= 0.3 is 5.91 Å². The third kappa shape index (κ3) is 3.56. The second kappa shape index (κ2) is 8.27. The zero-order chi connectivity index (χ0) is 25.1. The number of hydrogen-bond acceptors (Lipinski definition) is 6. The molecule has 3 heterocycles. The fraction of sp³-hybridized carbons (Fsp3) is 0.179. The van der Waals surface area contributed by atoms with Crippen molar-refractivity contribution in [3.05, 3.63) is 94.3 Å². The summed E-state index contributed by atoms with van der Waals surface area (Å²) in [6, 6.07) is 15.6. The van der Waals surface area contributed by atoms with Crippen molar-refractivity contribution in [2.75, 3.05) is 4.90 Å². The fourth-order valence-electron chi connectivity index (χ4n) is 4.84. The average molecular weight is 501 g/mol. The third-order valence-corrected chi connectivity index (χ3v) is 7.56. The van der Waals surface area contributed by atoms with E-state index >= 15 is 0 Å². The van der Waals surface area contributed by atoms with Gasteiger partial charge in [0.15, 0.2) is 5.13 Å². The SMILES string of the molecule is Cc1ccc2nc(N3C(=O)C(=O)C(=C(O)c4ccc5c(c4)C[C@H](C)O5)[C@@H]3c3ccc(F)cc3)sc2c1. The molecule has 0 unspecified atom stereocenters. The monoisotopic (exact) mass is 500 g/mol. The summed E-state index contributed by atoms with van der Waals surface area (Å²) >= 11 is 1.29. The molecule has 0 bridgehead atoms. The van der Waals surface area contributed by atoms with Crippen molar-refractivity contribution in [1.29, 1.82) is 0 Å². The van der Waals surface area contributed by atoms with Crippen molar-refractivity contribution < 1.29 is 23.8 Å². The van der Waals surface area contributed by atoms with E-state index in [1.54, 1.807) is 18.2 Å². The molecule has 4 aromatic rings. The summed E-state index contributed by atoms with van der Waals surface area (Å²) in [6.07, 6.45) is 0.696. The molecule has 2 aliphatic rings. The summed E-state index contributed by atoms with van der Waals surface area (Å²) in [4.78, 5) is 32.7. The van der Waals surface area contributed by atoms with E-state index in [4.69, 9.17) is 4.74 Å². The van der Waals surface area contributed by atoms with Gasteiger partial charge < -0.3 is 9.84 Å². The molecule has 180 valence electrons. The van der Waals surface area contributed by atoms with E-state index in [1.165, 1.54) is 40.5 Å². The Hall–Kier alpha value is -4.04. The molecule has 1 aromatic heterocycles. The molecule has 2 atom stereocenters. The molecule has 0 aliphatic carbocycles. The van der Waals surface area contributed by atoms with Crippen LogP contribution >= 0.6 is 11.3 Å². The van der Waals surface area contributed by atoms with Crippen LogP contribution in [0.15, 0.2) is 66.2 Å². The Morgan fingerprint density at radius 1 is 1.11 bits per heavy atom. The quantitative estimate of drug-likeness (QED) is 0.222. The molecule has 2 aliphatic heterocycles. The molecule has 0 saturated carbocycles. The van der Waals surface area contributed by atoms with Crippen LogP contribution in [0.1, 0.15) is 35.2 Å². The number of anilines is 1. The number of ketones is 1. The number of rotatable bonds is 3. The van der Waals surface area contributed by atoms with Crippen molar-refractivity contribution >= 4 is 44.1 Å². The van der Waals surface area contributed by atoms with Crippen molar-refractivity contribution in [3.8, 4) is 5.75 Å². The number of aromatic nitrogens is 1. The van der Waals surface area contributed by atoms with Gasteiger partial charge in [-0.2, -0.15) is 0 Å². The number of halogens is 1. The lowest BCUT2D eigenvalue weighted by atomic mass is 9.94. The van der Waals surface area contributed by atoms with E-state index in [9.17, 15) is 19.1 Å². The molecule has 0 radical (unpaired) electrons. The molecule has 1 saturated heterocycles. The molecule has 0 spiro atoms. The molecule has 8 heteroatoms. The normalized spacial score (nSPS) is 20.7. The zero-order valence-electron chi connectivity index (χ0n) is 19.5. The number of amides is 1. The third-order valence-electron chi connectivity index (χ3n) is 6.54. The topological polar surface area (TPSA) is 79.7 Å². The van der Waals surface area contributed by atoms with E-state index in [1.807, 2.05) is 32.0 Å². The van der Waals surface area contributed by atoms with Gasteiger partial charge in [0.2, 0.25) is 0 Å². The summed E-state index contributed by atoms with van der Waals surface area (Å²) in [6.45, 7) is 3.92. The molecule has 1 amide bonds. The Bertz CT molecular complexity index is 1590. The first-order valence-electron chi connectivity index (χ1n) is 11.5. The maximum atomic E-state index is 13.8. The van der Waals surface area contributed by atoms with Crippen LogP contribution in [0.4, 0.5) is 9.52 Å². The summed E-state index contributed by atoms with van der Waals surface area (Å²) < 4.78 is 20.4. The second-order valence-electron chi connectivity index (χ2n) is 9.14. The Labute approximate surface area is 210 Å². The number of carbonyl (C=O) groups excluding carboxylic acids is 2. The number of aliphatic hydroxyl groups excluding tert-OH is 1. The van der Waals surface area contributed by atoms with Crippen molar-refractivity contribution in [2.24, 2.45) is 0 Å². The fourth-order valence-corrected chi connectivity index (χ4v) is 5.93. The van der Waals surface area contributed by atoms with Crippen LogP contribution in [-0.2, 0) is 16.0 Å². The molecule has 6 rings (SSSR count). The van der Waals surface area contributed by atoms with Gasteiger partial charge in [-0.25, -0.2) is 9.37 Å². The number of aliphatic hydroxyl groups is 1. The van der Waals surface area contributed by atoms with Crippen LogP contribution in [0, 0.1) is 12.7 Å². The molecular weight excluding hydrogens is 479 g/mol. The lowest BCUT2D eigenvalue weighted by molar-refractivity contribution is -0.132. The highest BCUT2D eigenvalue weighted by molar-refractivity contribution is 7.22. The van der Waals surface area contributed by atoms with E-state index in [0.717, 1.165) is 21.6 Å². The maximum Gasteiger partial charge on any atom is 0.301 e. The Balaban J connectivity index is 1.53. The molecule has 1 N–H and O–H groups in total. The van der Waals surface area contributed by atoms with Gasteiger partial charge in [0.25, 0.3) is 5.78 Å². The minimum Gasteiger partial charge on any atom is -0.507 e. The van der Waals surface area contributed by atoms with Crippen LogP contribution < -0.4 is 9.64 Å². The number of nitrogens with zero attached hydrogens (tertiary/aromatic N) is 2. The van der Waals surface area contributed by atoms with Gasteiger partial charge in [-0.1, -0.05) is 29.5 Å². The molecule has 36 heavy (non-hydrogen) atoms. The maximum absolute atomic E-state index is 13.8. The predicted molar refractivity (Wildman–Crippen MR) is 136 cm³/mol. The van der Waals surface area contributed by atoms with E-state index in [-0.39, 0.29) is 17.4 Å². The molecule has 3 aromatic carbocycles. The van der Waals surface area contributed by atoms with Gasteiger partial charge in [0, 0.05) is 12.0 Å². The van der Waals surface area contributed by atoms with Crippen LogP contribution in [0.25, 0.3) is 16.0 Å². The van der Waals surface area contributed by atoms with Gasteiger partial charge in [-0.3, -0.25) is 14.5 Å². The highest BCUT2D eigenvalue weighted by Crippen LogP contribution is 2.45. The molecular formula is C28H21FN2O4S. The Kier molecular flexibility index (Phi) is 5.15. The number of thiazole rings is 1. The first-order valence-corrected chi connectivity index (χ1v) is 12.4. The van der Waals surface area contributed by atoms with Gasteiger partial charge in [0.05, 0.1) is 21.8 Å². The van der Waals surface area contributed by atoms with E-state index in [0.29, 0.717) is 28.2 Å². The first kappa shape index (κ1) is 22.4. The number of aryl methyl sites for hydroxylation is 1. The molecule has 6 nitrogen and oxygen atoms in total. The van der Waals surface area contributed by atoms with Crippen LogP contribution in [0.5, 0.6) is 5.75 Å². The summed E-state index contributed by atoms with van der Waals surface area (Å²) in [7, 11) is 0. The van der Waals surface area contributed by atoms with Crippen molar-refractivity contribution in [2.45, 2.75) is 32.4 Å². The molecule has 1 fully saturated rings. The van der Waals surface area contributed by atoms with Gasteiger partial charge in [-0.15, -0.1) is 0 Å². The first-order chi connectivity index (χ1) is 17.3. The number of hydrogen-bond donors (Lipinski definition) is 1. The summed E-state index contributed by atoms with van der Waals surface area (Å²) in [5, 5.41) is 11.7. The predicted octanol–water partition coefficient (Wildman–Crippen LogP) is 5.69. The van der Waals surface area contributed by atoms with Crippen LogP contribution in [-0.4, -0.2) is 27.9 Å². The largest absolute Gasteiger partial charge is 0.507 e. The smallest absolute Gasteiger partial charge is 0.301 e. The number of fused-ring (bicyclic) bond motifs is 2.